The predicted octanol–water partition coefficient (Wildman–Crippen LogP) is 2.31. The molecule has 0 unspecified atom stereocenters. The van der Waals surface area contributed by atoms with Crippen molar-refractivity contribution >= 4 is 16.3 Å². The number of benzene rings is 1. The largest absolute Gasteiger partial charge is 0.227 e. The molecular weight excluding hydrogens is 196 g/mol. The van der Waals surface area contributed by atoms with Gasteiger partial charge in [0.25, 0.3) is 0 Å². The van der Waals surface area contributed by atoms with Crippen molar-refractivity contribution in [1.82, 2.24) is 0 Å². The quantitative estimate of drug-likeness (QED) is 0.760. The summed E-state index contributed by atoms with van der Waals surface area (Å²) < 4.78 is 21.7. The minimum atomic E-state index is -2.51. The number of thiol groups is 1. The zero-order chi connectivity index (χ0) is 10.9. The summed E-state index contributed by atoms with van der Waals surface area (Å²) in [5.41, 5.74) is 3.90. The van der Waals surface area contributed by atoms with Gasteiger partial charge in [-0.1, -0.05) is 12.2 Å². The Kier molecular flexibility index (Phi) is 3.11. The molecule has 0 atom stereocenters. The first-order valence-electron chi connectivity index (χ1n) is 4.35. The van der Waals surface area contributed by atoms with Crippen LogP contribution in [0.4, 0.5) is 0 Å². The lowest BCUT2D eigenvalue weighted by atomic mass is 9.99. The monoisotopic (exact) mass is 210 g/mol. The molecule has 0 fully saturated rings. The standard InChI is InChI=1S/C11H14O2S/c1-7(2)11-6-10(14(12)13)5-8(3)9(11)4/h5-6,14H,1H2,2-4H3. The van der Waals surface area contributed by atoms with E-state index in [0.29, 0.717) is 4.90 Å². The van der Waals surface area contributed by atoms with Crippen LogP contribution in [0.2, 0.25) is 0 Å². The molecule has 76 valence electrons. The molecular formula is C11H14O2S. The highest BCUT2D eigenvalue weighted by Gasteiger charge is 2.06. The minimum Gasteiger partial charge on any atom is -0.227 e. The summed E-state index contributed by atoms with van der Waals surface area (Å²) in [6.45, 7) is 9.59. The molecule has 0 heterocycles. The van der Waals surface area contributed by atoms with Gasteiger partial charge in [-0.25, -0.2) is 8.42 Å². The lowest BCUT2D eigenvalue weighted by molar-refractivity contribution is 0.614. The molecule has 0 aromatic heterocycles. The summed E-state index contributed by atoms with van der Waals surface area (Å²) in [6, 6.07) is 3.36. The fraction of sp³-hybridized carbons (Fsp3) is 0.273. The van der Waals surface area contributed by atoms with Gasteiger partial charge in [-0.2, -0.15) is 0 Å². The molecule has 2 nitrogen and oxygen atoms in total. The molecule has 3 heteroatoms. The Morgan fingerprint density at radius 2 is 1.86 bits per heavy atom. The van der Waals surface area contributed by atoms with E-state index in [9.17, 15) is 8.42 Å². The Bertz CT molecular complexity index is 449. The molecule has 0 aliphatic heterocycles. The highest BCUT2D eigenvalue weighted by molar-refractivity contribution is 7.72. The van der Waals surface area contributed by atoms with Crippen LogP contribution < -0.4 is 0 Å². The molecule has 0 aliphatic carbocycles. The first-order chi connectivity index (χ1) is 6.43. The van der Waals surface area contributed by atoms with Crippen LogP contribution in [0.25, 0.3) is 5.57 Å². The summed E-state index contributed by atoms with van der Waals surface area (Å²) in [5.74, 6) is 0. The third-order valence-electron chi connectivity index (χ3n) is 2.32. The predicted molar refractivity (Wildman–Crippen MR) is 59.2 cm³/mol. The van der Waals surface area contributed by atoms with E-state index in [-0.39, 0.29) is 0 Å². The van der Waals surface area contributed by atoms with Crippen molar-refractivity contribution in [2.24, 2.45) is 0 Å². The normalized spacial score (nSPS) is 10.6. The van der Waals surface area contributed by atoms with Gasteiger partial charge in [0, 0.05) is 0 Å². The molecule has 0 bridgehead atoms. The molecule has 0 saturated carbocycles. The van der Waals surface area contributed by atoms with Crippen molar-refractivity contribution in [3.8, 4) is 0 Å². The lowest BCUT2D eigenvalue weighted by Gasteiger charge is -2.09. The van der Waals surface area contributed by atoms with Gasteiger partial charge in [0.2, 0.25) is 0 Å². The molecule has 0 amide bonds. The van der Waals surface area contributed by atoms with E-state index in [4.69, 9.17) is 0 Å². The lowest BCUT2D eigenvalue weighted by Crippen LogP contribution is -1.92. The second-order valence-electron chi connectivity index (χ2n) is 3.47. The Labute approximate surface area is 86.2 Å². The van der Waals surface area contributed by atoms with Gasteiger partial charge in [0.05, 0.1) is 4.90 Å². The van der Waals surface area contributed by atoms with Crippen molar-refractivity contribution in [2.45, 2.75) is 25.7 Å². The van der Waals surface area contributed by atoms with E-state index in [1.807, 2.05) is 20.8 Å². The van der Waals surface area contributed by atoms with Gasteiger partial charge in [0.15, 0.2) is 10.7 Å². The first-order valence-corrected chi connectivity index (χ1v) is 5.52. The maximum atomic E-state index is 10.8. The number of rotatable bonds is 2. The van der Waals surface area contributed by atoms with Crippen LogP contribution in [-0.2, 0) is 10.7 Å². The second-order valence-corrected chi connectivity index (χ2v) is 4.50. The maximum absolute atomic E-state index is 10.8. The first kappa shape index (κ1) is 11.0. The number of aryl methyl sites for hydroxylation is 1. The van der Waals surface area contributed by atoms with Gasteiger partial charge in [-0.15, -0.1) is 0 Å². The fourth-order valence-corrected chi connectivity index (χ4v) is 1.92. The molecule has 14 heavy (non-hydrogen) atoms. The van der Waals surface area contributed by atoms with Crippen LogP contribution in [0.3, 0.4) is 0 Å². The fourth-order valence-electron chi connectivity index (χ4n) is 1.39. The van der Waals surface area contributed by atoms with Crippen molar-refractivity contribution in [1.29, 1.82) is 0 Å². The molecule has 1 aromatic carbocycles. The average molecular weight is 210 g/mol. The Morgan fingerprint density at radius 3 is 2.29 bits per heavy atom. The van der Waals surface area contributed by atoms with Crippen LogP contribution in [0, 0.1) is 13.8 Å². The Hall–Kier alpha value is -1.09. The topological polar surface area (TPSA) is 34.1 Å². The smallest absolute Gasteiger partial charge is 0.168 e. The molecule has 0 spiro atoms. The highest BCUT2D eigenvalue weighted by Crippen LogP contribution is 2.22. The van der Waals surface area contributed by atoms with Gasteiger partial charge in [-0.3, -0.25) is 0 Å². The molecule has 0 saturated heterocycles. The van der Waals surface area contributed by atoms with E-state index < -0.39 is 10.7 Å². The number of hydrogen-bond acceptors (Lipinski definition) is 2. The minimum absolute atomic E-state index is 0.362. The molecule has 0 N–H and O–H groups in total. The number of allylic oxidation sites excluding steroid dienone is 1. The van der Waals surface area contributed by atoms with Crippen molar-refractivity contribution in [3.63, 3.8) is 0 Å². The van der Waals surface area contributed by atoms with E-state index in [1.54, 1.807) is 12.1 Å². The van der Waals surface area contributed by atoms with Gasteiger partial charge < -0.3 is 0 Å². The van der Waals surface area contributed by atoms with Crippen LogP contribution in [-0.4, -0.2) is 8.42 Å². The third-order valence-corrected chi connectivity index (χ3v) is 3.00. The molecule has 1 rings (SSSR count). The third kappa shape index (κ3) is 2.04. The van der Waals surface area contributed by atoms with Crippen LogP contribution in [0.5, 0.6) is 0 Å². The molecule has 0 aliphatic rings. The van der Waals surface area contributed by atoms with Crippen molar-refractivity contribution in [3.05, 3.63) is 35.4 Å². The second kappa shape index (κ2) is 3.96. The van der Waals surface area contributed by atoms with Crippen LogP contribution in [0.15, 0.2) is 23.6 Å². The van der Waals surface area contributed by atoms with E-state index >= 15 is 0 Å². The summed E-state index contributed by atoms with van der Waals surface area (Å²) in [4.78, 5) is 0.362. The summed E-state index contributed by atoms with van der Waals surface area (Å²) >= 11 is 0. The highest BCUT2D eigenvalue weighted by atomic mass is 32.2. The zero-order valence-electron chi connectivity index (χ0n) is 8.63. The summed E-state index contributed by atoms with van der Waals surface area (Å²) in [5, 5.41) is 0. The van der Waals surface area contributed by atoms with Gasteiger partial charge >= 0.3 is 0 Å². The molecule has 0 radical (unpaired) electrons. The Balaban J connectivity index is 3.50. The van der Waals surface area contributed by atoms with Crippen molar-refractivity contribution < 1.29 is 8.42 Å². The zero-order valence-corrected chi connectivity index (χ0v) is 9.52. The molecule has 1 aromatic rings. The van der Waals surface area contributed by atoms with Crippen molar-refractivity contribution in [2.75, 3.05) is 0 Å². The van der Waals surface area contributed by atoms with E-state index in [0.717, 1.165) is 22.3 Å². The average Bonchev–Trinajstić information content (AvgIpc) is 2.08. The SMILES string of the molecule is C=C(C)c1cc([SH](=O)=O)cc(C)c1C. The van der Waals surface area contributed by atoms with Crippen LogP contribution in [0.1, 0.15) is 23.6 Å². The maximum Gasteiger partial charge on any atom is 0.168 e. The van der Waals surface area contributed by atoms with E-state index in [2.05, 4.69) is 6.58 Å². The number of hydrogen-bond donors (Lipinski definition) is 1. The van der Waals surface area contributed by atoms with Gasteiger partial charge in [0.1, 0.15) is 0 Å². The van der Waals surface area contributed by atoms with Gasteiger partial charge in [-0.05, 0) is 49.6 Å². The summed E-state index contributed by atoms with van der Waals surface area (Å²) in [6.07, 6.45) is 0. The summed E-state index contributed by atoms with van der Waals surface area (Å²) in [7, 11) is -2.51. The van der Waals surface area contributed by atoms with Crippen LogP contribution >= 0.6 is 0 Å². The van der Waals surface area contributed by atoms with E-state index in [1.165, 1.54) is 0 Å². The Morgan fingerprint density at radius 1 is 1.29 bits per heavy atom.